The molecule has 0 radical (unpaired) electrons. The first-order chi connectivity index (χ1) is 16.9. The highest BCUT2D eigenvalue weighted by Crippen LogP contribution is 2.41. The largest absolute Gasteiger partial charge is 0.497 e. The lowest BCUT2D eigenvalue weighted by molar-refractivity contribution is -0.308. The molecule has 2 aliphatic heterocycles. The van der Waals surface area contributed by atoms with Crippen LogP contribution in [0.5, 0.6) is 5.75 Å². The third-order valence-electron chi connectivity index (χ3n) is 6.79. The van der Waals surface area contributed by atoms with Crippen molar-refractivity contribution in [3.63, 3.8) is 0 Å². The SMILES string of the molecule is COc1ccc(-c2cc(CN3CCCC34CCN(C(=O)OC(C(F)(F)F)C(F)(F)F)CC4)no2)cc1. The van der Waals surface area contributed by atoms with Gasteiger partial charge in [0.25, 0.3) is 6.10 Å². The summed E-state index contributed by atoms with van der Waals surface area (Å²) in [5, 5.41) is 4.15. The molecule has 0 bridgehead atoms. The maximum absolute atomic E-state index is 12.7. The first-order valence-corrected chi connectivity index (χ1v) is 11.4. The summed E-state index contributed by atoms with van der Waals surface area (Å²) in [6.07, 6.45) is -14.8. The summed E-state index contributed by atoms with van der Waals surface area (Å²) in [6.45, 7) is 1.20. The van der Waals surface area contributed by atoms with Gasteiger partial charge in [-0.1, -0.05) is 5.16 Å². The Balaban J connectivity index is 1.37. The van der Waals surface area contributed by atoms with E-state index in [1.54, 1.807) is 19.2 Å². The molecule has 1 spiro atoms. The predicted octanol–water partition coefficient (Wildman–Crippen LogP) is 5.41. The number of likely N-dealkylation sites (tertiary alicyclic amines) is 2. The minimum absolute atomic E-state index is 0.00627. The van der Waals surface area contributed by atoms with Crippen LogP contribution in [0.4, 0.5) is 31.1 Å². The number of carbonyl (C=O) groups excluding carboxylic acids is 1. The quantitative estimate of drug-likeness (QED) is 0.491. The maximum atomic E-state index is 12.7. The second kappa shape index (κ2) is 9.83. The lowest BCUT2D eigenvalue weighted by Gasteiger charge is -2.44. The number of alkyl halides is 6. The number of hydrogen-bond acceptors (Lipinski definition) is 6. The zero-order valence-corrected chi connectivity index (χ0v) is 19.4. The Labute approximate surface area is 202 Å². The van der Waals surface area contributed by atoms with Crippen molar-refractivity contribution in [1.29, 1.82) is 0 Å². The molecule has 1 aromatic heterocycles. The number of halogens is 6. The minimum atomic E-state index is -5.74. The summed E-state index contributed by atoms with van der Waals surface area (Å²) in [4.78, 5) is 15.2. The van der Waals surface area contributed by atoms with Gasteiger partial charge in [-0.2, -0.15) is 26.3 Å². The molecule has 1 amide bonds. The normalized spacial score (nSPS) is 18.7. The van der Waals surface area contributed by atoms with Crippen molar-refractivity contribution in [2.45, 2.75) is 56.2 Å². The molecule has 2 saturated heterocycles. The third kappa shape index (κ3) is 5.55. The van der Waals surface area contributed by atoms with Gasteiger partial charge in [-0.05, 0) is 56.5 Å². The van der Waals surface area contributed by atoms with Gasteiger partial charge in [-0.15, -0.1) is 0 Å². The van der Waals surface area contributed by atoms with Crippen LogP contribution in [-0.2, 0) is 11.3 Å². The number of methoxy groups -OCH3 is 1. The molecular weight excluding hydrogens is 496 g/mol. The van der Waals surface area contributed by atoms with E-state index in [0.717, 1.165) is 29.8 Å². The van der Waals surface area contributed by atoms with E-state index in [1.165, 1.54) is 0 Å². The van der Waals surface area contributed by atoms with Crippen LogP contribution in [0.2, 0.25) is 0 Å². The van der Waals surface area contributed by atoms with Gasteiger partial charge in [-0.3, -0.25) is 4.90 Å². The van der Waals surface area contributed by atoms with Crippen LogP contribution in [0.15, 0.2) is 34.9 Å². The molecule has 0 unspecified atom stereocenters. The highest BCUT2D eigenvalue weighted by molar-refractivity contribution is 5.68. The van der Waals surface area contributed by atoms with Crippen molar-refractivity contribution in [3.8, 4) is 17.1 Å². The lowest BCUT2D eigenvalue weighted by atomic mass is 9.85. The second-order valence-corrected chi connectivity index (χ2v) is 8.99. The summed E-state index contributed by atoms with van der Waals surface area (Å²) < 4.78 is 90.9. The molecule has 4 rings (SSSR count). The first-order valence-electron chi connectivity index (χ1n) is 11.4. The van der Waals surface area contributed by atoms with E-state index in [1.807, 2.05) is 18.2 Å². The molecule has 1 aromatic carbocycles. The fourth-order valence-corrected chi connectivity index (χ4v) is 4.88. The number of benzene rings is 1. The molecule has 3 heterocycles. The molecular formula is C23H25F6N3O4. The van der Waals surface area contributed by atoms with Gasteiger partial charge in [0.2, 0.25) is 0 Å². The Kier molecular flexibility index (Phi) is 7.13. The van der Waals surface area contributed by atoms with Gasteiger partial charge >= 0.3 is 18.4 Å². The number of hydrogen-bond donors (Lipinski definition) is 0. The number of nitrogens with zero attached hydrogens (tertiary/aromatic N) is 3. The number of amides is 1. The Morgan fingerprint density at radius 3 is 2.28 bits per heavy atom. The van der Waals surface area contributed by atoms with Gasteiger partial charge in [0.05, 0.1) is 12.8 Å². The zero-order chi connectivity index (χ0) is 26.1. The van der Waals surface area contributed by atoms with E-state index in [4.69, 9.17) is 9.26 Å². The van der Waals surface area contributed by atoms with Crippen LogP contribution >= 0.6 is 0 Å². The van der Waals surface area contributed by atoms with Crippen LogP contribution in [0.1, 0.15) is 31.4 Å². The molecule has 36 heavy (non-hydrogen) atoms. The van der Waals surface area contributed by atoms with Gasteiger partial charge in [-0.25, -0.2) is 4.79 Å². The van der Waals surface area contributed by atoms with Crippen molar-refractivity contribution in [1.82, 2.24) is 15.0 Å². The monoisotopic (exact) mass is 521 g/mol. The summed E-state index contributed by atoms with van der Waals surface area (Å²) >= 11 is 0. The Hall–Kier alpha value is -2.96. The van der Waals surface area contributed by atoms with E-state index in [0.29, 0.717) is 36.6 Å². The van der Waals surface area contributed by atoms with Crippen molar-refractivity contribution >= 4 is 6.09 Å². The molecule has 0 N–H and O–H groups in total. The van der Waals surface area contributed by atoms with Gasteiger partial charge < -0.3 is 18.9 Å². The van der Waals surface area contributed by atoms with E-state index in [-0.39, 0.29) is 18.6 Å². The van der Waals surface area contributed by atoms with Crippen molar-refractivity contribution in [3.05, 3.63) is 36.0 Å². The fourth-order valence-electron chi connectivity index (χ4n) is 4.88. The standard InChI is InChI=1S/C23H25F6N3O4/c1-34-17-5-3-15(4-6-17)18-13-16(30-36-18)14-32-10-2-7-21(32)8-11-31(12-9-21)20(33)35-19(22(24,25)26)23(27,28)29/h3-6,13,19H,2,7-12,14H2,1H3. The molecule has 2 aliphatic rings. The number of piperidine rings is 1. The fraction of sp³-hybridized carbons (Fsp3) is 0.565. The van der Waals surface area contributed by atoms with Crippen molar-refractivity contribution in [2.24, 2.45) is 0 Å². The van der Waals surface area contributed by atoms with Crippen LogP contribution in [-0.4, -0.2) is 71.8 Å². The van der Waals surface area contributed by atoms with Gasteiger partial charge in [0.1, 0.15) is 5.75 Å². The van der Waals surface area contributed by atoms with Crippen LogP contribution in [0.3, 0.4) is 0 Å². The number of rotatable bonds is 5. The molecule has 198 valence electrons. The molecule has 0 atom stereocenters. The van der Waals surface area contributed by atoms with Crippen LogP contribution in [0.25, 0.3) is 11.3 Å². The predicted molar refractivity (Wildman–Crippen MR) is 114 cm³/mol. The second-order valence-electron chi connectivity index (χ2n) is 8.99. The number of carbonyl (C=O) groups is 1. The summed E-state index contributed by atoms with van der Waals surface area (Å²) in [5.41, 5.74) is 1.19. The summed E-state index contributed by atoms with van der Waals surface area (Å²) in [6, 6.07) is 9.12. The molecule has 13 heteroatoms. The average molecular weight is 521 g/mol. The van der Waals surface area contributed by atoms with Crippen molar-refractivity contribution in [2.75, 3.05) is 26.7 Å². The van der Waals surface area contributed by atoms with E-state index < -0.39 is 24.5 Å². The molecule has 2 aromatic rings. The Morgan fingerprint density at radius 2 is 1.69 bits per heavy atom. The Morgan fingerprint density at radius 1 is 1.06 bits per heavy atom. The third-order valence-corrected chi connectivity index (χ3v) is 6.79. The van der Waals surface area contributed by atoms with E-state index in [2.05, 4.69) is 14.8 Å². The van der Waals surface area contributed by atoms with E-state index in [9.17, 15) is 31.1 Å². The lowest BCUT2D eigenvalue weighted by Crippen LogP contribution is -2.54. The molecule has 7 nitrogen and oxygen atoms in total. The smallest absolute Gasteiger partial charge is 0.434 e. The summed E-state index contributed by atoms with van der Waals surface area (Å²) in [7, 11) is 1.57. The highest BCUT2D eigenvalue weighted by atomic mass is 19.4. The van der Waals surface area contributed by atoms with E-state index >= 15 is 0 Å². The zero-order valence-electron chi connectivity index (χ0n) is 19.4. The number of ether oxygens (including phenoxy) is 2. The molecule has 0 aliphatic carbocycles. The number of aromatic nitrogens is 1. The molecule has 0 saturated carbocycles. The van der Waals surface area contributed by atoms with Gasteiger partial charge in [0, 0.05) is 36.8 Å². The van der Waals surface area contributed by atoms with Crippen LogP contribution in [0, 0.1) is 0 Å². The topological polar surface area (TPSA) is 68.0 Å². The minimum Gasteiger partial charge on any atom is -0.497 e. The Bertz CT molecular complexity index is 1030. The molecule has 2 fully saturated rings. The average Bonchev–Trinajstić information content (AvgIpc) is 3.44. The van der Waals surface area contributed by atoms with Gasteiger partial charge in [0.15, 0.2) is 5.76 Å². The highest BCUT2D eigenvalue weighted by Gasteiger charge is 2.60. The first kappa shape index (κ1) is 26.1. The summed E-state index contributed by atoms with van der Waals surface area (Å²) in [5.74, 6) is 1.29. The maximum Gasteiger partial charge on any atom is 0.434 e. The van der Waals surface area contributed by atoms with Crippen molar-refractivity contribution < 1.29 is 45.1 Å². The van der Waals surface area contributed by atoms with Crippen LogP contribution < -0.4 is 4.74 Å².